The number of thiazole rings is 1. The summed E-state index contributed by atoms with van der Waals surface area (Å²) < 4.78 is 8.57. The molecule has 0 saturated heterocycles. The molecule has 0 unspecified atom stereocenters. The van der Waals surface area contributed by atoms with Gasteiger partial charge in [0.25, 0.3) is 0 Å². The number of thioether (sulfide) groups is 1. The van der Waals surface area contributed by atoms with E-state index in [1.807, 2.05) is 34.9 Å². The van der Waals surface area contributed by atoms with Gasteiger partial charge >= 0.3 is 0 Å². The van der Waals surface area contributed by atoms with Gasteiger partial charge in [-0.2, -0.15) is 0 Å². The van der Waals surface area contributed by atoms with E-state index in [0.717, 1.165) is 27.2 Å². The summed E-state index contributed by atoms with van der Waals surface area (Å²) in [6.45, 7) is 0.641. The predicted molar refractivity (Wildman–Crippen MR) is 87.0 cm³/mol. The van der Waals surface area contributed by atoms with Crippen molar-refractivity contribution in [2.45, 2.75) is 17.5 Å². The van der Waals surface area contributed by atoms with Gasteiger partial charge in [-0.1, -0.05) is 23.9 Å². The second-order valence-electron chi connectivity index (χ2n) is 4.68. The van der Waals surface area contributed by atoms with Gasteiger partial charge in [0, 0.05) is 0 Å². The lowest BCUT2D eigenvalue weighted by Gasteiger charge is -2.02. The second-order valence-corrected chi connectivity index (χ2v) is 6.74. The Labute approximate surface area is 135 Å². The van der Waals surface area contributed by atoms with Gasteiger partial charge in [-0.3, -0.25) is 0 Å². The molecular formula is C15H12N4OS2. The van der Waals surface area contributed by atoms with Gasteiger partial charge in [0.15, 0.2) is 5.16 Å². The van der Waals surface area contributed by atoms with E-state index >= 15 is 0 Å². The number of aromatic nitrogens is 4. The number of hydrogen-bond donors (Lipinski definition) is 0. The molecule has 0 atom stereocenters. The predicted octanol–water partition coefficient (Wildman–Crippen LogP) is 3.82. The number of rotatable bonds is 5. The molecule has 1 aromatic carbocycles. The Kier molecular flexibility index (Phi) is 3.65. The fourth-order valence-corrected chi connectivity index (χ4v) is 4.02. The summed E-state index contributed by atoms with van der Waals surface area (Å²) in [5.41, 5.74) is 1.06. The molecule has 0 aliphatic rings. The lowest BCUT2D eigenvalue weighted by atomic mass is 10.3. The van der Waals surface area contributed by atoms with Crippen LogP contribution in [0.4, 0.5) is 0 Å². The molecule has 3 aromatic heterocycles. The maximum absolute atomic E-state index is 5.37. The summed E-state index contributed by atoms with van der Waals surface area (Å²) in [6.07, 6.45) is 3.40. The summed E-state index contributed by atoms with van der Waals surface area (Å²) in [4.78, 5) is 4.64. The van der Waals surface area contributed by atoms with E-state index < -0.39 is 0 Å². The Morgan fingerprint density at radius 3 is 3.00 bits per heavy atom. The van der Waals surface area contributed by atoms with Crippen molar-refractivity contribution in [2.24, 2.45) is 0 Å². The number of benzene rings is 1. The Hall–Kier alpha value is -2.12. The molecule has 22 heavy (non-hydrogen) atoms. The van der Waals surface area contributed by atoms with Gasteiger partial charge in [0.05, 0.1) is 28.8 Å². The standard InChI is InChI=1S/C15H12N4OS2/c1-2-6-13-12(5-1)17-14(22-13)9-21-15-18-16-10-19(15)8-11-4-3-7-20-11/h1-7,10H,8-9H2. The molecule has 0 aliphatic heterocycles. The third-order valence-electron chi connectivity index (χ3n) is 3.15. The third-order valence-corrected chi connectivity index (χ3v) is 5.36. The van der Waals surface area contributed by atoms with Crippen LogP contribution in [-0.2, 0) is 12.3 Å². The van der Waals surface area contributed by atoms with E-state index in [2.05, 4.69) is 21.2 Å². The van der Waals surface area contributed by atoms with Crippen LogP contribution in [0.1, 0.15) is 10.8 Å². The zero-order chi connectivity index (χ0) is 14.8. The smallest absolute Gasteiger partial charge is 0.191 e. The molecule has 0 N–H and O–H groups in total. The topological polar surface area (TPSA) is 56.7 Å². The van der Waals surface area contributed by atoms with Gasteiger partial charge in [0.2, 0.25) is 0 Å². The van der Waals surface area contributed by atoms with Crippen LogP contribution in [0.5, 0.6) is 0 Å². The summed E-state index contributed by atoms with van der Waals surface area (Å²) in [7, 11) is 0. The molecule has 0 radical (unpaired) electrons. The first-order valence-electron chi connectivity index (χ1n) is 6.76. The highest BCUT2D eigenvalue weighted by Crippen LogP contribution is 2.27. The fourth-order valence-electron chi connectivity index (χ4n) is 2.14. The molecule has 5 nitrogen and oxygen atoms in total. The van der Waals surface area contributed by atoms with Crippen LogP contribution in [-0.4, -0.2) is 19.7 Å². The summed E-state index contributed by atoms with van der Waals surface area (Å²) in [5, 5.41) is 10.1. The molecule has 0 saturated carbocycles. The Bertz CT molecular complexity index is 849. The first-order chi connectivity index (χ1) is 10.9. The minimum atomic E-state index is 0.641. The van der Waals surface area contributed by atoms with Crippen molar-refractivity contribution in [3.63, 3.8) is 0 Å². The van der Waals surface area contributed by atoms with Gasteiger partial charge in [-0.15, -0.1) is 21.5 Å². The minimum absolute atomic E-state index is 0.641. The monoisotopic (exact) mass is 328 g/mol. The Balaban J connectivity index is 1.48. The molecule has 4 rings (SSSR count). The van der Waals surface area contributed by atoms with Crippen molar-refractivity contribution < 1.29 is 4.42 Å². The van der Waals surface area contributed by atoms with Gasteiger partial charge < -0.3 is 8.98 Å². The maximum Gasteiger partial charge on any atom is 0.191 e. The van der Waals surface area contributed by atoms with Gasteiger partial charge in [0.1, 0.15) is 17.1 Å². The van der Waals surface area contributed by atoms with Crippen molar-refractivity contribution in [3.05, 3.63) is 59.8 Å². The molecule has 4 aromatic rings. The molecule has 3 heterocycles. The largest absolute Gasteiger partial charge is 0.467 e. The van der Waals surface area contributed by atoms with Crippen LogP contribution >= 0.6 is 23.1 Å². The summed E-state index contributed by atoms with van der Waals surface area (Å²) >= 11 is 3.36. The van der Waals surface area contributed by atoms with E-state index in [4.69, 9.17) is 4.42 Å². The van der Waals surface area contributed by atoms with E-state index in [1.54, 1.807) is 35.7 Å². The SMILES string of the molecule is c1coc(Cn2cnnc2SCc2nc3ccccc3s2)c1. The molecular weight excluding hydrogens is 316 g/mol. The van der Waals surface area contributed by atoms with Gasteiger partial charge in [-0.25, -0.2) is 4.98 Å². The van der Waals surface area contributed by atoms with Crippen LogP contribution in [0.3, 0.4) is 0 Å². The number of fused-ring (bicyclic) bond motifs is 1. The lowest BCUT2D eigenvalue weighted by Crippen LogP contribution is -1.99. The second kappa shape index (κ2) is 5.94. The summed E-state index contributed by atoms with van der Waals surface area (Å²) in [5.74, 6) is 1.68. The lowest BCUT2D eigenvalue weighted by molar-refractivity contribution is 0.484. The van der Waals surface area contributed by atoms with Crippen LogP contribution in [0, 0.1) is 0 Å². The van der Waals surface area contributed by atoms with E-state index in [-0.39, 0.29) is 0 Å². The highest BCUT2D eigenvalue weighted by Gasteiger charge is 2.09. The maximum atomic E-state index is 5.37. The number of nitrogens with zero attached hydrogens (tertiary/aromatic N) is 4. The normalized spacial score (nSPS) is 11.3. The van der Waals surface area contributed by atoms with Crippen molar-refractivity contribution >= 4 is 33.3 Å². The first kappa shape index (κ1) is 13.5. The highest BCUT2D eigenvalue weighted by molar-refractivity contribution is 7.98. The van der Waals surface area contributed by atoms with Crippen LogP contribution < -0.4 is 0 Å². The third kappa shape index (κ3) is 2.77. The van der Waals surface area contributed by atoms with Crippen molar-refractivity contribution in [1.29, 1.82) is 0 Å². The zero-order valence-electron chi connectivity index (χ0n) is 11.5. The molecule has 110 valence electrons. The Morgan fingerprint density at radius 2 is 2.14 bits per heavy atom. The van der Waals surface area contributed by atoms with Gasteiger partial charge in [-0.05, 0) is 24.3 Å². The highest BCUT2D eigenvalue weighted by atomic mass is 32.2. The fraction of sp³-hybridized carbons (Fsp3) is 0.133. The Morgan fingerprint density at radius 1 is 1.18 bits per heavy atom. The average Bonchev–Trinajstić information content (AvgIpc) is 3.26. The molecule has 0 amide bonds. The molecule has 0 spiro atoms. The molecule has 0 bridgehead atoms. The minimum Gasteiger partial charge on any atom is -0.467 e. The quantitative estimate of drug-likeness (QED) is 0.521. The molecule has 0 aliphatic carbocycles. The van der Waals surface area contributed by atoms with Crippen LogP contribution in [0.25, 0.3) is 10.2 Å². The summed E-state index contributed by atoms with van der Waals surface area (Å²) in [6, 6.07) is 12.0. The van der Waals surface area contributed by atoms with Crippen molar-refractivity contribution in [2.75, 3.05) is 0 Å². The van der Waals surface area contributed by atoms with E-state index in [1.165, 1.54) is 4.70 Å². The molecule has 0 fully saturated rings. The van der Waals surface area contributed by atoms with E-state index in [0.29, 0.717) is 6.54 Å². The van der Waals surface area contributed by atoms with Crippen LogP contribution in [0.15, 0.2) is 58.6 Å². The number of hydrogen-bond acceptors (Lipinski definition) is 6. The molecule has 7 heteroatoms. The van der Waals surface area contributed by atoms with E-state index in [9.17, 15) is 0 Å². The number of para-hydroxylation sites is 1. The average molecular weight is 328 g/mol. The van der Waals surface area contributed by atoms with Crippen LogP contribution in [0.2, 0.25) is 0 Å². The zero-order valence-corrected chi connectivity index (χ0v) is 13.2. The van der Waals surface area contributed by atoms with Crippen molar-refractivity contribution in [1.82, 2.24) is 19.7 Å². The van der Waals surface area contributed by atoms with Crippen molar-refractivity contribution in [3.8, 4) is 0 Å². The number of furan rings is 1. The first-order valence-corrected chi connectivity index (χ1v) is 8.56.